The fourth-order valence-electron chi connectivity index (χ4n) is 17.0. The monoisotopic (exact) mass is 1800 g/mol. The largest absolute Gasteiger partial charge is 0.394 e. The quantitative estimate of drug-likeness (QED) is 0.0297. The van der Waals surface area contributed by atoms with Gasteiger partial charge in [-0.2, -0.15) is 0 Å². The zero-order valence-corrected chi connectivity index (χ0v) is 64.2. The van der Waals surface area contributed by atoms with Crippen LogP contribution >= 0.6 is 0 Å². The Kier molecular flexibility index (Phi) is 33.5. The van der Waals surface area contributed by atoms with E-state index in [0.717, 1.165) is 0 Å². The molecule has 0 aromatic rings. The predicted molar refractivity (Wildman–Crippen MR) is 366 cm³/mol. The number of fused-ring (bicyclic) bond motifs is 1. The molecular formula is C67H113NO54. The number of ether oxygens (including phenoxy) is 20. The van der Waals surface area contributed by atoms with Crippen LogP contribution in [0.3, 0.4) is 0 Å². The second-order valence-electron chi connectivity index (χ2n) is 31.8. The van der Waals surface area contributed by atoms with E-state index in [1.165, 1.54) is 6.92 Å². The number of hydrogen-bond acceptors (Lipinski definition) is 55. The number of aliphatic hydroxyl groups is 34. The van der Waals surface area contributed by atoms with Crippen LogP contribution in [-0.4, -0.2) is 583 Å². The lowest BCUT2D eigenvalue weighted by Gasteiger charge is -2.50. The van der Waals surface area contributed by atoms with Gasteiger partial charge in [0, 0.05) is 0 Å². The van der Waals surface area contributed by atoms with E-state index in [4.69, 9.17) is 94.7 Å². The van der Waals surface area contributed by atoms with Crippen molar-refractivity contribution in [3.8, 4) is 0 Å². The molecule has 1 aliphatic carbocycles. The van der Waals surface area contributed by atoms with Crippen LogP contribution in [0.4, 0.5) is 0 Å². The molecule has 710 valence electrons. The highest BCUT2D eigenvalue weighted by molar-refractivity contribution is 5.23. The van der Waals surface area contributed by atoms with Crippen molar-refractivity contribution in [2.45, 2.75) is 350 Å². The van der Waals surface area contributed by atoms with E-state index < -0.39 is 409 Å². The van der Waals surface area contributed by atoms with Gasteiger partial charge >= 0.3 is 0 Å². The van der Waals surface area contributed by atoms with E-state index in [-0.39, 0.29) is 0 Å². The minimum atomic E-state index is -2.30. The van der Waals surface area contributed by atoms with Crippen LogP contribution in [0.2, 0.25) is 0 Å². The first-order valence-corrected chi connectivity index (χ1v) is 39.2. The lowest BCUT2D eigenvalue weighted by molar-refractivity contribution is -0.394. The van der Waals surface area contributed by atoms with E-state index in [0.29, 0.717) is 0 Å². The molecule has 0 radical (unpaired) electrons. The molecule has 0 bridgehead atoms. The van der Waals surface area contributed by atoms with Gasteiger partial charge in [-0.25, -0.2) is 0 Å². The van der Waals surface area contributed by atoms with Gasteiger partial charge in [-0.1, -0.05) is 0 Å². The van der Waals surface area contributed by atoms with Crippen LogP contribution in [0.15, 0.2) is 0 Å². The summed E-state index contributed by atoms with van der Waals surface area (Å²) < 4.78 is 113. The molecule has 55 nitrogen and oxygen atoms in total. The van der Waals surface area contributed by atoms with Crippen molar-refractivity contribution in [2.75, 3.05) is 66.1 Å². The minimum absolute atomic E-state index is 0.870. The lowest BCUT2D eigenvalue weighted by Crippen LogP contribution is -2.71. The highest BCUT2D eigenvalue weighted by Gasteiger charge is 2.74. The number of epoxide rings is 1. The van der Waals surface area contributed by atoms with Crippen molar-refractivity contribution in [1.82, 2.24) is 5.32 Å². The summed E-state index contributed by atoms with van der Waals surface area (Å²) in [6.07, 6.45) is -104. The van der Waals surface area contributed by atoms with Crippen LogP contribution in [0.5, 0.6) is 0 Å². The van der Waals surface area contributed by atoms with E-state index in [1.54, 1.807) is 0 Å². The fraction of sp³-hybridized carbons (Fsp3) is 1.00. The summed E-state index contributed by atoms with van der Waals surface area (Å²) in [5.74, 6) is 0. The van der Waals surface area contributed by atoms with E-state index in [2.05, 4.69) is 5.32 Å². The average Bonchev–Trinajstić information content (AvgIpc) is 1.53. The first-order chi connectivity index (χ1) is 57.9. The Balaban J connectivity index is 0.611. The maximum atomic E-state index is 11.8. The van der Waals surface area contributed by atoms with Crippen molar-refractivity contribution >= 4 is 0 Å². The van der Waals surface area contributed by atoms with Crippen LogP contribution in [-0.2, 0) is 94.7 Å². The second-order valence-corrected chi connectivity index (χ2v) is 31.8. The highest BCUT2D eigenvalue weighted by Crippen LogP contribution is 2.51. The molecule has 11 saturated heterocycles. The molecule has 35 N–H and O–H groups in total. The number of rotatable bonds is 30. The molecule has 12 rings (SSSR count). The summed E-state index contributed by atoms with van der Waals surface area (Å²) in [6, 6.07) is -3.00. The zero-order chi connectivity index (χ0) is 89.2. The first-order valence-electron chi connectivity index (χ1n) is 39.2. The Labute approximate surface area is 688 Å². The summed E-state index contributed by atoms with van der Waals surface area (Å²) in [5, 5.41) is 373. The molecule has 12 fully saturated rings. The van der Waals surface area contributed by atoms with Crippen molar-refractivity contribution in [3.05, 3.63) is 0 Å². The van der Waals surface area contributed by atoms with E-state index >= 15 is 0 Å². The van der Waals surface area contributed by atoms with Crippen molar-refractivity contribution < 1.29 is 268 Å². The van der Waals surface area contributed by atoms with Gasteiger partial charge in [0.25, 0.3) is 0 Å². The summed E-state index contributed by atoms with van der Waals surface area (Å²) >= 11 is 0. The van der Waals surface area contributed by atoms with E-state index in [1.807, 2.05) is 0 Å². The van der Waals surface area contributed by atoms with Crippen molar-refractivity contribution in [1.29, 1.82) is 0 Å². The molecule has 56 unspecified atom stereocenters. The lowest BCUT2D eigenvalue weighted by atomic mass is 9.78. The molecule has 0 aromatic heterocycles. The molecule has 0 spiro atoms. The van der Waals surface area contributed by atoms with Gasteiger partial charge in [0.15, 0.2) is 62.9 Å². The van der Waals surface area contributed by atoms with E-state index in [9.17, 15) is 174 Å². The van der Waals surface area contributed by atoms with Crippen LogP contribution in [0.25, 0.3) is 0 Å². The standard InChI is InChI=1S/C67H113NO54/c1-12-22(25(80)38(93)58(103-12)113-48-15(4-71)106-61(40(95)29(48)84)116-51-18(7-74)109-63(43(98)32(51)87)117-50-17(6-73)107-60(41(96)31(50)86)114-47-14(3-70)104-57(102)37(92)28(47)83)68-23-26(81)36(91)56(67(11-78)55(23)122-67)121-66-46(101)35(90)54(21(10-77)112-66)120-65-45(100)34(89)53(20(9-76)111-65)119-64-44(99)33(88)52(19(8-75)110-64)118-62-42(97)30(85)49(16(5-72)108-62)115-59-39(94)27(82)24(79)13(2-69)105-59/h12-66,68-102H,2-11H2,1H3. The molecule has 12 aliphatic rings. The van der Waals surface area contributed by atoms with Crippen LogP contribution in [0, 0.1) is 0 Å². The SMILES string of the molecule is CC1OC(OC2C(CO)OC(OC3C(CO)OC(OC4C(CO)OC(OC5C(CO)OC(O)C(O)C5O)C(O)C4O)C(O)C3O)C(O)C2O)C(O)C(O)C1NC1C(O)C(O)C(OC2OC(CO)C(OC3OC(CO)C(OC4OC(CO)C(OC5OC(CO)C(OC6OC(CO)C(O)C(O)C6O)C(O)C5O)C(O)C4O)C(O)C3O)C(O)C2O)C2(CO)OC12. The molecule has 122 heavy (non-hydrogen) atoms. The van der Waals surface area contributed by atoms with Gasteiger partial charge in [0.1, 0.15) is 262 Å². The van der Waals surface area contributed by atoms with Gasteiger partial charge in [-0.15, -0.1) is 0 Å². The van der Waals surface area contributed by atoms with Crippen molar-refractivity contribution in [3.63, 3.8) is 0 Å². The molecular weight excluding hydrogens is 1680 g/mol. The second kappa shape index (κ2) is 41.3. The first kappa shape index (κ1) is 98.8. The molecule has 11 heterocycles. The van der Waals surface area contributed by atoms with Gasteiger partial charge < -0.3 is 274 Å². The minimum Gasteiger partial charge on any atom is -0.394 e. The normalized spacial score (nSPS) is 55.3. The van der Waals surface area contributed by atoms with Crippen molar-refractivity contribution in [2.24, 2.45) is 0 Å². The fourth-order valence-corrected chi connectivity index (χ4v) is 17.0. The Bertz CT molecular complexity index is 3200. The van der Waals surface area contributed by atoms with Gasteiger partial charge in [-0.3, -0.25) is 0 Å². The third-order valence-corrected chi connectivity index (χ3v) is 24.1. The topological polar surface area (TPSA) is 888 Å². The highest BCUT2D eigenvalue weighted by atomic mass is 16.8. The predicted octanol–water partition coefficient (Wildman–Crippen LogP) is -24.6. The number of aliphatic hydroxyl groups excluding tert-OH is 34. The Morgan fingerprint density at radius 3 is 0.713 bits per heavy atom. The Morgan fingerprint density at radius 2 is 0.443 bits per heavy atom. The number of hydrogen-bond donors (Lipinski definition) is 35. The summed E-state index contributed by atoms with van der Waals surface area (Å²) in [6.45, 7) is -9.01. The molecule has 0 aromatic carbocycles. The maximum Gasteiger partial charge on any atom is 0.187 e. The van der Waals surface area contributed by atoms with Crippen LogP contribution in [0.1, 0.15) is 6.92 Å². The number of nitrogens with one attached hydrogen (secondary N) is 1. The summed E-state index contributed by atoms with van der Waals surface area (Å²) in [7, 11) is 0. The molecule has 11 aliphatic heterocycles. The third kappa shape index (κ3) is 19.1. The average molecular weight is 1800 g/mol. The Hall–Kier alpha value is -2.20. The molecule has 0 amide bonds. The molecule has 55 heteroatoms. The Morgan fingerprint density at radius 1 is 0.221 bits per heavy atom. The van der Waals surface area contributed by atoms with Gasteiger partial charge in [0.05, 0.1) is 84.3 Å². The van der Waals surface area contributed by atoms with Gasteiger partial charge in [0.2, 0.25) is 0 Å². The molecule has 56 atom stereocenters. The smallest absolute Gasteiger partial charge is 0.187 e. The molecule has 1 saturated carbocycles. The van der Waals surface area contributed by atoms with Crippen LogP contribution < -0.4 is 5.32 Å². The van der Waals surface area contributed by atoms with Gasteiger partial charge in [-0.05, 0) is 6.92 Å². The summed E-state index contributed by atoms with van der Waals surface area (Å²) in [4.78, 5) is 0. The summed E-state index contributed by atoms with van der Waals surface area (Å²) in [5.41, 5.74) is -2.03. The maximum absolute atomic E-state index is 11.8. The zero-order valence-electron chi connectivity index (χ0n) is 64.2. The third-order valence-electron chi connectivity index (χ3n) is 24.1.